The summed E-state index contributed by atoms with van der Waals surface area (Å²) in [6.45, 7) is 34.7. The first-order chi connectivity index (χ1) is 54.9. The van der Waals surface area contributed by atoms with Crippen LogP contribution in [0.15, 0.2) is 124 Å². The summed E-state index contributed by atoms with van der Waals surface area (Å²) in [5, 5.41) is 37.0. The summed E-state index contributed by atoms with van der Waals surface area (Å²) in [6, 6.07) is 27.4. The van der Waals surface area contributed by atoms with Gasteiger partial charge in [0.15, 0.2) is 0 Å². The van der Waals surface area contributed by atoms with Gasteiger partial charge in [-0.25, -0.2) is 9.97 Å². The third-order valence-electron chi connectivity index (χ3n) is 20.7. The van der Waals surface area contributed by atoms with Gasteiger partial charge in [0, 0.05) is 155 Å². The van der Waals surface area contributed by atoms with Crippen LogP contribution in [0.2, 0.25) is 5.28 Å². The molecule has 34 heteroatoms. The number of anilines is 9. The summed E-state index contributed by atoms with van der Waals surface area (Å²) >= 11 is 12.9. The average Bonchev–Trinajstić information content (AvgIpc) is 1.38. The Morgan fingerprint density at radius 2 is 1.02 bits per heavy atom. The van der Waals surface area contributed by atoms with Gasteiger partial charge in [0.1, 0.15) is 48.8 Å². The Morgan fingerprint density at radius 1 is 0.574 bits per heavy atom. The van der Waals surface area contributed by atoms with E-state index in [0.717, 1.165) is 122 Å². The third kappa shape index (κ3) is 25.7. The highest BCUT2D eigenvalue weighted by molar-refractivity contribution is 9.11. The van der Waals surface area contributed by atoms with Gasteiger partial charge < -0.3 is 65.0 Å². The predicted molar refractivity (Wildman–Crippen MR) is 476 cm³/mol. The number of halogens is 3. The first-order valence-corrected chi connectivity index (χ1v) is 47.9. The van der Waals surface area contributed by atoms with E-state index >= 15 is 0 Å². The van der Waals surface area contributed by atoms with E-state index in [4.69, 9.17) is 41.5 Å². The van der Waals surface area contributed by atoms with Crippen LogP contribution in [0, 0.1) is 6.92 Å². The molecule has 0 bridgehead atoms. The molecule has 115 heavy (non-hydrogen) atoms. The van der Waals surface area contributed by atoms with E-state index in [1.54, 1.807) is 87.4 Å². The number of ether oxygens (including phenoxy) is 2. The van der Waals surface area contributed by atoms with Crippen LogP contribution in [0.4, 0.5) is 51.7 Å². The fourth-order valence-electron chi connectivity index (χ4n) is 14.0. The van der Waals surface area contributed by atoms with Gasteiger partial charge in [-0.2, -0.15) is 48.4 Å². The van der Waals surface area contributed by atoms with Crippen molar-refractivity contribution in [1.82, 2.24) is 69.5 Å². The maximum atomic E-state index is 13.5. The summed E-state index contributed by atoms with van der Waals surface area (Å²) < 4.78 is 68.6. The van der Waals surface area contributed by atoms with Crippen molar-refractivity contribution >= 4 is 130 Å². The van der Waals surface area contributed by atoms with Gasteiger partial charge in [-0.05, 0) is 210 Å². The number of aromatic nitrogens is 10. The van der Waals surface area contributed by atoms with E-state index in [1.807, 2.05) is 57.2 Å². The number of benzene rings is 5. The number of nitrogens with zero attached hydrogens (tertiary/aromatic N) is 16. The molecule has 4 aliphatic heterocycles. The van der Waals surface area contributed by atoms with E-state index in [1.165, 1.54) is 99.6 Å². The third-order valence-corrected chi connectivity index (χ3v) is 26.0. The standard InChI is InChI=1S/C35H48BrN10O2P.C19H32N4O.C16H17BrClN6OP.C7H8O3S.C4H10O/c1-7-24-19-29(32(48-4)21-31(24)45-13-11-26(12-14-45)44-17-15-43(3)16-18-44)40-35-37-22-27(36)34(41-35)39-28-10-9-25(20-33(28)49(5,6)47)30-23-38-46(8-2)42-30;1-4-15-13-17(20)19(24-3)14-18(15)23-7-5-16(6-8-23)22-11-9-21(2)10-12-22;1-4-24-20-9-13(23-24)10-5-6-12(14(7-10)26(2,3)25)21-15-11(17)8-19-16(18)22-15;1-6-2-4-7(5-3-6)11(8,9)10;1-2-3-4-5/h9-10,19-23,26H,7-8,11-18H2,1-6H3,(H2,37,39,40,41);13-14,16H,4-12,20H2,1-3H3;5-9H,4H2,1-3H3,(H,19,21,22);2-5H,1H3,(H,8,9,10);5H,2-4H2,1H3. The van der Waals surface area contributed by atoms with Crippen LogP contribution < -0.4 is 51.6 Å². The van der Waals surface area contributed by atoms with E-state index in [-0.39, 0.29) is 10.2 Å². The number of nitrogen functional groups attached to an aromatic ring is 1. The number of hydrogen-bond acceptors (Lipinski definition) is 25. The Bertz CT molecular complexity index is 4870. The molecule has 624 valence electrons. The lowest BCUT2D eigenvalue weighted by Crippen LogP contribution is -2.52. The Labute approximate surface area is 700 Å². The first-order valence-electron chi connectivity index (χ1n) is 39.3. The van der Waals surface area contributed by atoms with Crippen LogP contribution >= 0.6 is 57.7 Å². The molecule has 8 heterocycles. The number of hydrogen-bond donors (Lipinski definition) is 6. The van der Waals surface area contributed by atoms with Crippen molar-refractivity contribution in [3.05, 3.63) is 141 Å². The van der Waals surface area contributed by atoms with Crippen LogP contribution in [0.1, 0.15) is 89.8 Å². The Hall–Kier alpha value is -7.64. The molecule has 28 nitrogen and oxygen atoms in total. The maximum absolute atomic E-state index is 13.5. The normalized spacial score (nSPS) is 15.6. The van der Waals surface area contributed by atoms with Crippen LogP contribution in [-0.2, 0) is 45.2 Å². The molecule has 5 aromatic carbocycles. The van der Waals surface area contributed by atoms with E-state index in [9.17, 15) is 17.5 Å². The van der Waals surface area contributed by atoms with Gasteiger partial charge >= 0.3 is 0 Å². The molecular weight excluding hydrogens is 1670 g/mol. The minimum Gasteiger partial charge on any atom is -0.495 e. The number of piperazine rings is 2. The molecule has 0 aliphatic carbocycles. The predicted octanol–water partition coefficient (Wildman–Crippen LogP) is 14.3. The highest BCUT2D eigenvalue weighted by Gasteiger charge is 2.31. The summed E-state index contributed by atoms with van der Waals surface area (Å²) in [5.74, 6) is 3.00. The van der Waals surface area contributed by atoms with Gasteiger partial charge in [-0.3, -0.25) is 14.4 Å². The largest absolute Gasteiger partial charge is 0.495 e. The fourth-order valence-corrected chi connectivity index (χ4v) is 17.5. The molecule has 0 atom stereocenters. The number of likely N-dealkylation sites (N-methyl/N-ethyl adjacent to an activating group) is 2. The highest BCUT2D eigenvalue weighted by Crippen LogP contribution is 2.44. The zero-order chi connectivity index (χ0) is 83.3. The van der Waals surface area contributed by atoms with Crippen LogP contribution in [0.3, 0.4) is 0 Å². The van der Waals surface area contributed by atoms with E-state index in [2.05, 4.69) is 172 Å². The van der Waals surface area contributed by atoms with Crippen LogP contribution in [-0.4, -0.2) is 240 Å². The Kier molecular flexibility index (Phi) is 33.9. The van der Waals surface area contributed by atoms with Gasteiger partial charge in [0.25, 0.3) is 10.1 Å². The molecule has 7 N–H and O–H groups in total. The van der Waals surface area contributed by atoms with Gasteiger partial charge in [-0.1, -0.05) is 57.0 Å². The number of nitrogens with one attached hydrogen (secondary N) is 3. The van der Waals surface area contributed by atoms with Gasteiger partial charge in [-0.15, -0.1) is 0 Å². The lowest BCUT2D eigenvalue weighted by atomic mass is 9.99. The molecule has 4 aromatic heterocycles. The van der Waals surface area contributed by atoms with Crippen molar-refractivity contribution in [3.63, 3.8) is 0 Å². The minimum absolute atomic E-state index is 0.0666. The summed E-state index contributed by atoms with van der Waals surface area (Å²) in [5.41, 5.74) is 18.3. The average molecular weight is 1790 g/mol. The number of aryl methyl sites for hydroxylation is 5. The summed E-state index contributed by atoms with van der Waals surface area (Å²) in [7, 11) is -1.45. The fraction of sp³-hybridized carbons (Fsp3) is 0.481. The first kappa shape index (κ1) is 91.3. The zero-order valence-electron chi connectivity index (χ0n) is 68.8. The second-order valence-corrected chi connectivity index (χ2v) is 39.5. The second kappa shape index (κ2) is 42.7. The Balaban J connectivity index is 0.000000192. The molecule has 13 rings (SSSR count). The number of rotatable bonds is 23. The smallest absolute Gasteiger partial charge is 0.294 e. The number of aliphatic hydroxyl groups is 1. The van der Waals surface area contributed by atoms with Crippen molar-refractivity contribution in [2.24, 2.45) is 0 Å². The molecule has 4 saturated heterocycles. The molecule has 0 spiro atoms. The van der Waals surface area contributed by atoms with Crippen LogP contribution in [0.25, 0.3) is 22.5 Å². The van der Waals surface area contributed by atoms with Crippen molar-refractivity contribution in [2.75, 3.05) is 172 Å². The van der Waals surface area contributed by atoms with Crippen molar-refractivity contribution in [1.29, 1.82) is 0 Å². The lowest BCUT2D eigenvalue weighted by molar-refractivity contribution is 0.0982. The lowest BCUT2D eigenvalue weighted by Gasteiger charge is -2.43. The second-order valence-electron chi connectivity index (χ2n) is 29.7. The molecule has 0 amide bonds. The Morgan fingerprint density at radius 3 is 1.42 bits per heavy atom. The van der Waals surface area contributed by atoms with Crippen molar-refractivity contribution in [2.45, 2.75) is 123 Å². The molecule has 4 fully saturated rings. The SMILES string of the molecule is CCCCO.CCc1cc(N)c(OC)cc1N1CCC(N2CCN(C)CC2)CC1.CCc1cc(Nc2ncc(Br)c(Nc3ccc(-c4cnn(CC)n4)cc3P(C)(C)=O)n2)c(OC)cc1N1CCC(N2CCN(C)CC2)CC1.CCn1ncc(-c2ccc(Nc3nc(Cl)ncc3Br)c(P(C)(C)=O)c2)n1.Cc1ccc(S(=O)(=O)O)cc1. The van der Waals surface area contributed by atoms with Gasteiger partial charge in [0.2, 0.25) is 11.2 Å². The maximum Gasteiger partial charge on any atom is 0.294 e. The molecule has 0 unspecified atom stereocenters. The quantitative estimate of drug-likeness (QED) is 0.0150. The topological polar surface area (TPSA) is 322 Å². The zero-order valence-corrected chi connectivity index (χ0v) is 75.4. The molecule has 0 saturated carbocycles. The number of aliphatic hydroxyl groups excluding tert-OH is 1. The molecular formula is C81H115Br2ClN20O8P2S. The van der Waals surface area contributed by atoms with Gasteiger partial charge in [0.05, 0.1) is 76.3 Å². The molecule has 0 radical (unpaired) electrons. The number of nitrogens with two attached hydrogens (primary N) is 1. The van der Waals surface area contributed by atoms with Crippen molar-refractivity contribution in [3.8, 4) is 34.0 Å². The number of unbranched alkanes of at least 4 members (excludes halogenated alkanes) is 1. The summed E-state index contributed by atoms with van der Waals surface area (Å²) in [4.78, 5) is 35.9. The van der Waals surface area contributed by atoms with Crippen LogP contribution in [0.5, 0.6) is 11.5 Å². The van der Waals surface area contributed by atoms with E-state index < -0.39 is 24.4 Å². The number of methoxy groups -OCH3 is 2. The molecule has 9 aromatic rings. The summed E-state index contributed by atoms with van der Waals surface area (Å²) in [6.07, 6.45) is 15.5. The highest BCUT2D eigenvalue weighted by atomic mass is 79.9. The monoisotopic (exact) mass is 1780 g/mol. The van der Waals surface area contributed by atoms with E-state index in [0.29, 0.717) is 74.3 Å². The molecule has 4 aliphatic rings. The van der Waals surface area contributed by atoms with Crippen molar-refractivity contribution < 1.29 is 36.7 Å². The number of piperidine rings is 2. The minimum atomic E-state index is -4.02.